The van der Waals surface area contributed by atoms with Gasteiger partial charge in [-0.25, -0.2) is 4.98 Å². The van der Waals surface area contributed by atoms with Crippen LogP contribution in [0.4, 0.5) is 5.82 Å². The van der Waals surface area contributed by atoms with Crippen LogP contribution in [0.3, 0.4) is 0 Å². The molecule has 3 aromatic heterocycles. The number of hydrogen-bond donors (Lipinski definition) is 1. The van der Waals surface area contributed by atoms with E-state index in [1.807, 2.05) is 12.1 Å². The van der Waals surface area contributed by atoms with Gasteiger partial charge >= 0.3 is 0 Å². The molecule has 0 fully saturated rings. The van der Waals surface area contributed by atoms with Crippen molar-refractivity contribution in [3.05, 3.63) is 35.4 Å². The number of nitrogens with zero attached hydrogens (tertiary/aromatic N) is 5. The highest BCUT2D eigenvalue weighted by atomic mass is 16.3. The van der Waals surface area contributed by atoms with E-state index in [1.54, 1.807) is 10.8 Å². The molecule has 0 spiro atoms. The van der Waals surface area contributed by atoms with E-state index in [9.17, 15) is 0 Å². The molecule has 0 bridgehead atoms. The molecule has 1 aliphatic rings. The van der Waals surface area contributed by atoms with Crippen LogP contribution in [0.2, 0.25) is 0 Å². The second kappa shape index (κ2) is 4.59. The zero-order chi connectivity index (χ0) is 13.4. The third kappa shape index (κ3) is 1.82. The van der Waals surface area contributed by atoms with E-state index in [2.05, 4.69) is 25.8 Å². The molecule has 1 N–H and O–H groups in total. The number of aryl methyl sites for hydroxylation is 1. The van der Waals surface area contributed by atoms with Gasteiger partial charge in [-0.05, 0) is 48.2 Å². The number of fused-ring (bicyclic) bond motifs is 2. The summed E-state index contributed by atoms with van der Waals surface area (Å²) in [5.41, 5.74) is 2.34. The minimum atomic E-state index is 0.549. The van der Waals surface area contributed by atoms with E-state index >= 15 is 0 Å². The topological polar surface area (TPSA) is 81.1 Å². The van der Waals surface area contributed by atoms with Gasteiger partial charge in [0.1, 0.15) is 11.6 Å². The average Bonchev–Trinajstić information content (AvgIpc) is 3.14. The van der Waals surface area contributed by atoms with Crippen molar-refractivity contribution in [3.8, 4) is 0 Å². The quantitative estimate of drug-likeness (QED) is 0.778. The zero-order valence-corrected chi connectivity index (χ0v) is 10.9. The van der Waals surface area contributed by atoms with Crippen molar-refractivity contribution in [2.75, 3.05) is 5.32 Å². The van der Waals surface area contributed by atoms with E-state index in [4.69, 9.17) is 4.42 Å². The fourth-order valence-electron chi connectivity index (χ4n) is 2.68. The molecule has 1 aliphatic carbocycles. The van der Waals surface area contributed by atoms with Crippen LogP contribution in [0.1, 0.15) is 29.9 Å². The predicted octanol–water partition coefficient (Wildman–Crippen LogP) is 1.60. The summed E-state index contributed by atoms with van der Waals surface area (Å²) in [6, 6.07) is 3.82. The first-order valence-corrected chi connectivity index (χ1v) is 6.78. The summed E-state index contributed by atoms with van der Waals surface area (Å²) >= 11 is 0. The Balaban J connectivity index is 1.77. The third-order valence-electron chi connectivity index (χ3n) is 3.63. The molecule has 7 heteroatoms. The van der Waals surface area contributed by atoms with E-state index < -0.39 is 0 Å². The molecule has 0 atom stereocenters. The number of tetrazole rings is 1. The predicted molar refractivity (Wildman–Crippen MR) is 71.3 cm³/mol. The van der Waals surface area contributed by atoms with Crippen molar-refractivity contribution >= 4 is 11.6 Å². The van der Waals surface area contributed by atoms with Crippen LogP contribution in [-0.2, 0) is 19.4 Å². The Kier molecular flexibility index (Phi) is 2.61. The molecular weight excluding hydrogens is 256 g/mol. The molecule has 4 rings (SSSR count). The van der Waals surface area contributed by atoms with Gasteiger partial charge in [0.25, 0.3) is 5.78 Å². The maximum Gasteiger partial charge on any atom is 0.275 e. The summed E-state index contributed by atoms with van der Waals surface area (Å²) in [7, 11) is 0. The van der Waals surface area contributed by atoms with Crippen LogP contribution >= 0.6 is 0 Å². The Bertz CT molecular complexity index is 733. The van der Waals surface area contributed by atoms with E-state index in [1.165, 1.54) is 18.4 Å². The maximum absolute atomic E-state index is 5.35. The molecule has 7 nitrogen and oxygen atoms in total. The number of nitrogens with one attached hydrogen (secondary N) is 1. The number of aromatic nitrogens is 5. The Labute approximate surface area is 115 Å². The molecule has 0 radical (unpaired) electrons. The zero-order valence-electron chi connectivity index (χ0n) is 10.9. The highest BCUT2D eigenvalue weighted by Crippen LogP contribution is 2.27. The Morgan fingerprint density at radius 3 is 3.15 bits per heavy atom. The largest absolute Gasteiger partial charge is 0.467 e. The molecule has 0 amide bonds. The molecule has 3 heterocycles. The lowest BCUT2D eigenvalue weighted by Gasteiger charge is -2.19. The van der Waals surface area contributed by atoms with Crippen molar-refractivity contribution in [2.24, 2.45) is 0 Å². The fourth-order valence-corrected chi connectivity index (χ4v) is 2.68. The molecule has 102 valence electrons. The van der Waals surface area contributed by atoms with Gasteiger partial charge in [0.15, 0.2) is 0 Å². The SMILES string of the molecule is c1coc(CNc2c3c(nc4nnnn24)CCCC3)c1. The number of anilines is 1. The standard InChI is InChI=1S/C13H14N6O/c1-2-6-11-10(5-1)12(14-8-9-4-3-7-20-9)19-13(15-11)16-17-18-19/h3-4,7,14H,1-2,5-6,8H2. The van der Waals surface area contributed by atoms with Gasteiger partial charge in [0.2, 0.25) is 0 Å². The second-order valence-electron chi connectivity index (χ2n) is 4.92. The van der Waals surface area contributed by atoms with Gasteiger partial charge in [0, 0.05) is 5.56 Å². The van der Waals surface area contributed by atoms with Gasteiger partial charge in [-0.3, -0.25) is 0 Å². The highest BCUT2D eigenvalue weighted by Gasteiger charge is 2.19. The summed E-state index contributed by atoms with van der Waals surface area (Å²) in [6.07, 6.45) is 6.03. The summed E-state index contributed by atoms with van der Waals surface area (Å²) in [4.78, 5) is 4.54. The molecule has 0 saturated carbocycles. The van der Waals surface area contributed by atoms with Crippen molar-refractivity contribution in [3.63, 3.8) is 0 Å². The van der Waals surface area contributed by atoms with Crippen LogP contribution in [0.15, 0.2) is 22.8 Å². The molecule has 0 aliphatic heterocycles. The van der Waals surface area contributed by atoms with E-state index in [0.29, 0.717) is 12.3 Å². The van der Waals surface area contributed by atoms with E-state index in [-0.39, 0.29) is 0 Å². The van der Waals surface area contributed by atoms with Crippen molar-refractivity contribution in [1.29, 1.82) is 0 Å². The monoisotopic (exact) mass is 270 g/mol. The first-order chi connectivity index (χ1) is 9.92. The highest BCUT2D eigenvalue weighted by molar-refractivity contribution is 5.53. The van der Waals surface area contributed by atoms with Crippen LogP contribution in [0.5, 0.6) is 0 Å². The van der Waals surface area contributed by atoms with Crippen LogP contribution in [-0.4, -0.2) is 25.0 Å². The van der Waals surface area contributed by atoms with Crippen molar-refractivity contribution in [2.45, 2.75) is 32.2 Å². The number of hydrogen-bond acceptors (Lipinski definition) is 6. The van der Waals surface area contributed by atoms with Crippen molar-refractivity contribution < 1.29 is 4.42 Å². The number of rotatable bonds is 3. The fraction of sp³-hybridized carbons (Fsp3) is 0.385. The average molecular weight is 270 g/mol. The lowest BCUT2D eigenvalue weighted by molar-refractivity contribution is 0.517. The van der Waals surface area contributed by atoms with Crippen LogP contribution in [0.25, 0.3) is 5.78 Å². The lowest BCUT2D eigenvalue weighted by atomic mass is 9.96. The van der Waals surface area contributed by atoms with Gasteiger partial charge < -0.3 is 9.73 Å². The third-order valence-corrected chi connectivity index (χ3v) is 3.63. The molecule has 3 aromatic rings. The summed E-state index contributed by atoms with van der Waals surface area (Å²) < 4.78 is 7.03. The van der Waals surface area contributed by atoms with Crippen molar-refractivity contribution in [1.82, 2.24) is 25.0 Å². The van der Waals surface area contributed by atoms with Gasteiger partial charge in [-0.15, -0.1) is 0 Å². The van der Waals surface area contributed by atoms with Gasteiger partial charge in [0.05, 0.1) is 18.5 Å². The normalized spacial score (nSPS) is 14.4. The minimum Gasteiger partial charge on any atom is -0.467 e. The van der Waals surface area contributed by atoms with Crippen LogP contribution in [0, 0.1) is 0 Å². The summed E-state index contributed by atoms with van der Waals surface area (Å²) in [5, 5.41) is 15.1. The van der Waals surface area contributed by atoms with E-state index in [0.717, 1.165) is 30.1 Å². The second-order valence-corrected chi connectivity index (χ2v) is 4.92. The Morgan fingerprint density at radius 2 is 2.25 bits per heavy atom. The number of furan rings is 1. The smallest absolute Gasteiger partial charge is 0.275 e. The Hall–Kier alpha value is -2.44. The molecule has 20 heavy (non-hydrogen) atoms. The molecule has 0 aromatic carbocycles. The van der Waals surface area contributed by atoms with Crippen LogP contribution < -0.4 is 5.32 Å². The minimum absolute atomic E-state index is 0.549. The first kappa shape index (κ1) is 11.4. The van der Waals surface area contributed by atoms with Gasteiger partial charge in [-0.2, -0.15) is 4.52 Å². The first-order valence-electron chi connectivity index (χ1n) is 6.78. The summed E-state index contributed by atoms with van der Waals surface area (Å²) in [6.45, 7) is 0.610. The molecule has 0 saturated heterocycles. The molecular formula is C13H14N6O. The van der Waals surface area contributed by atoms with Gasteiger partial charge in [-0.1, -0.05) is 5.10 Å². The Morgan fingerprint density at radius 1 is 1.30 bits per heavy atom. The molecule has 0 unspecified atom stereocenters. The summed E-state index contributed by atoms with van der Waals surface area (Å²) in [5.74, 6) is 2.37. The maximum atomic E-state index is 5.35. The lowest BCUT2D eigenvalue weighted by Crippen LogP contribution is -2.15.